The molecule has 1 amide bonds. The molecule has 0 aliphatic carbocycles. The summed E-state index contributed by atoms with van der Waals surface area (Å²) < 4.78 is 24.9. The normalized spacial score (nSPS) is 25.4. The van der Waals surface area contributed by atoms with Crippen LogP contribution in [0.5, 0.6) is 0 Å². The zero-order valence-electron chi connectivity index (χ0n) is 25.6. The van der Waals surface area contributed by atoms with Crippen LogP contribution < -0.4 is 10.2 Å². The van der Waals surface area contributed by atoms with Crippen LogP contribution in [0, 0.1) is 5.82 Å². The third-order valence-corrected chi connectivity index (χ3v) is 8.98. The van der Waals surface area contributed by atoms with Crippen LogP contribution in [0.3, 0.4) is 0 Å². The van der Waals surface area contributed by atoms with Crippen molar-refractivity contribution in [2.45, 2.75) is 63.8 Å². The largest absolute Gasteiger partial charge is 0.393 e. The summed E-state index contributed by atoms with van der Waals surface area (Å²) in [6.45, 7) is 14.1. The summed E-state index contributed by atoms with van der Waals surface area (Å²) in [4.78, 5) is 25.9. The van der Waals surface area contributed by atoms with E-state index in [1.807, 2.05) is 11.0 Å². The average Bonchev–Trinajstić information content (AvgIpc) is 3.23. The fourth-order valence-corrected chi connectivity index (χ4v) is 6.52. The standard InChI is InChI=1S/C32H46FN5O4/c1-21-15-37(26(14-34-21)16-36-10-11-42-19-22(36)2)17-29(40)38-20-32(3,4)31-27(38)13-24(30(35-31)28(18-39)41-5)12-23-6-8-25(33)9-7-23/h6-9,13,21-22,26,28,34,39H,10-12,14-20H2,1-5H3/t21-,22-,26-,28?/m1/s1. The highest BCUT2D eigenvalue weighted by molar-refractivity contribution is 5.97. The molecule has 1 aromatic carbocycles. The molecule has 0 bridgehead atoms. The van der Waals surface area contributed by atoms with Crippen LogP contribution in [-0.4, -0.2) is 110 Å². The Labute approximate surface area is 249 Å². The highest BCUT2D eigenvalue weighted by Crippen LogP contribution is 2.42. The Morgan fingerprint density at radius 1 is 1.26 bits per heavy atom. The van der Waals surface area contributed by atoms with E-state index in [4.69, 9.17) is 14.5 Å². The number of benzene rings is 1. The maximum atomic E-state index is 14.1. The number of rotatable bonds is 9. The number of anilines is 1. The van der Waals surface area contributed by atoms with Gasteiger partial charge in [0.1, 0.15) is 11.9 Å². The highest BCUT2D eigenvalue weighted by Gasteiger charge is 2.42. The number of pyridine rings is 1. The Kier molecular flexibility index (Phi) is 9.61. The number of nitrogens with zero attached hydrogens (tertiary/aromatic N) is 4. The van der Waals surface area contributed by atoms with Gasteiger partial charge < -0.3 is 24.8 Å². The second kappa shape index (κ2) is 13.0. The molecule has 1 unspecified atom stereocenters. The quantitative estimate of drug-likeness (QED) is 0.466. The number of aliphatic hydroxyl groups is 1. The van der Waals surface area contributed by atoms with Crippen LogP contribution in [0.4, 0.5) is 10.1 Å². The van der Waals surface area contributed by atoms with Gasteiger partial charge in [0.25, 0.3) is 0 Å². The first-order valence-corrected chi connectivity index (χ1v) is 15.1. The maximum absolute atomic E-state index is 14.1. The van der Waals surface area contributed by atoms with Crippen molar-refractivity contribution in [3.05, 3.63) is 58.7 Å². The molecule has 5 rings (SSSR count). The summed E-state index contributed by atoms with van der Waals surface area (Å²) in [6, 6.07) is 9.30. The predicted octanol–water partition coefficient (Wildman–Crippen LogP) is 2.50. The van der Waals surface area contributed by atoms with Gasteiger partial charge in [0.15, 0.2) is 0 Å². The van der Waals surface area contributed by atoms with Crippen molar-refractivity contribution in [3.63, 3.8) is 0 Å². The molecule has 9 nitrogen and oxygen atoms in total. The molecule has 42 heavy (non-hydrogen) atoms. The van der Waals surface area contributed by atoms with Crippen molar-refractivity contribution in [1.29, 1.82) is 0 Å². The van der Waals surface area contributed by atoms with Gasteiger partial charge in [0, 0.05) is 63.4 Å². The molecule has 4 atom stereocenters. The monoisotopic (exact) mass is 583 g/mol. The number of methoxy groups -OCH3 is 1. The van der Waals surface area contributed by atoms with Gasteiger partial charge in [-0.1, -0.05) is 26.0 Å². The van der Waals surface area contributed by atoms with E-state index in [0.717, 1.165) is 61.9 Å². The molecule has 0 spiro atoms. The molecule has 10 heteroatoms. The number of morpholine rings is 1. The van der Waals surface area contributed by atoms with Crippen LogP contribution in [0.25, 0.3) is 0 Å². The van der Waals surface area contributed by atoms with Crippen molar-refractivity contribution in [3.8, 4) is 0 Å². The van der Waals surface area contributed by atoms with Gasteiger partial charge in [-0.05, 0) is 49.6 Å². The third kappa shape index (κ3) is 6.69. The van der Waals surface area contributed by atoms with Crippen LogP contribution in [0.1, 0.15) is 56.3 Å². The number of fused-ring (bicyclic) bond motifs is 1. The number of carbonyl (C=O) groups excluding carboxylic acids is 1. The number of halogens is 1. The first-order chi connectivity index (χ1) is 20.1. The van der Waals surface area contributed by atoms with Gasteiger partial charge in [-0.2, -0.15) is 0 Å². The number of amides is 1. The Morgan fingerprint density at radius 3 is 2.71 bits per heavy atom. The Balaban J connectivity index is 1.42. The van der Waals surface area contributed by atoms with Crippen molar-refractivity contribution in [2.24, 2.45) is 0 Å². The van der Waals surface area contributed by atoms with Crippen molar-refractivity contribution in [1.82, 2.24) is 20.1 Å². The maximum Gasteiger partial charge on any atom is 0.241 e. The van der Waals surface area contributed by atoms with E-state index in [1.54, 1.807) is 19.2 Å². The summed E-state index contributed by atoms with van der Waals surface area (Å²) in [5.41, 5.74) is 3.68. The lowest BCUT2D eigenvalue weighted by molar-refractivity contribution is -0.121. The predicted molar refractivity (Wildman–Crippen MR) is 160 cm³/mol. The molecular formula is C32H46FN5O4. The van der Waals surface area contributed by atoms with E-state index in [-0.39, 0.29) is 29.8 Å². The minimum Gasteiger partial charge on any atom is -0.393 e. The van der Waals surface area contributed by atoms with Gasteiger partial charge in [-0.25, -0.2) is 4.39 Å². The van der Waals surface area contributed by atoms with E-state index >= 15 is 0 Å². The summed E-state index contributed by atoms with van der Waals surface area (Å²) in [5.74, 6) is -0.234. The van der Waals surface area contributed by atoms with Crippen LogP contribution in [0.15, 0.2) is 30.3 Å². The SMILES string of the molecule is COC(CO)c1nc2c(cc1Cc1ccc(F)cc1)N(C(=O)CN1C[C@@H](C)NC[C@@H]1CN1CCOC[C@H]1C)CC2(C)C. The lowest BCUT2D eigenvalue weighted by atomic mass is 9.90. The van der Waals surface area contributed by atoms with Gasteiger partial charge in [0.2, 0.25) is 5.91 Å². The lowest BCUT2D eigenvalue weighted by Gasteiger charge is -2.43. The topological polar surface area (TPSA) is 90.4 Å². The number of hydrogen-bond acceptors (Lipinski definition) is 8. The molecule has 2 N–H and O–H groups in total. The summed E-state index contributed by atoms with van der Waals surface area (Å²) >= 11 is 0. The highest BCUT2D eigenvalue weighted by atomic mass is 19.1. The molecule has 1 aromatic heterocycles. The minimum atomic E-state index is -0.600. The molecule has 3 aliphatic rings. The first kappa shape index (κ1) is 31.0. The van der Waals surface area contributed by atoms with E-state index in [0.29, 0.717) is 37.3 Å². The van der Waals surface area contributed by atoms with Gasteiger partial charge in [-0.3, -0.25) is 19.6 Å². The third-order valence-electron chi connectivity index (χ3n) is 8.98. The molecule has 3 aliphatic heterocycles. The molecule has 2 saturated heterocycles. The molecular weight excluding hydrogens is 537 g/mol. The molecule has 2 aromatic rings. The fraction of sp³-hybridized carbons (Fsp3) is 0.625. The number of ether oxygens (including phenoxy) is 2. The summed E-state index contributed by atoms with van der Waals surface area (Å²) in [7, 11) is 1.56. The summed E-state index contributed by atoms with van der Waals surface area (Å²) in [5, 5.41) is 13.7. The number of hydrogen-bond donors (Lipinski definition) is 2. The molecule has 230 valence electrons. The van der Waals surface area contributed by atoms with E-state index in [1.165, 1.54) is 12.1 Å². The second-order valence-corrected chi connectivity index (χ2v) is 12.8. The molecule has 0 radical (unpaired) electrons. The summed E-state index contributed by atoms with van der Waals surface area (Å²) in [6.07, 6.45) is -0.121. The number of aromatic nitrogens is 1. The Hall–Kier alpha value is -2.47. The zero-order chi connectivity index (χ0) is 30.0. The van der Waals surface area contributed by atoms with E-state index in [2.05, 4.69) is 42.8 Å². The van der Waals surface area contributed by atoms with Crippen molar-refractivity contribution >= 4 is 11.6 Å². The molecule has 4 heterocycles. The minimum absolute atomic E-state index is 0.0590. The second-order valence-electron chi connectivity index (χ2n) is 12.8. The zero-order valence-corrected chi connectivity index (χ0v) is 25.6. The molecule has 2 fully saturated rings. The van der Waals surface area contributed by atoms with Crippen LogP contribution in [0.2, 0.25) is 0 Å². The first-order valence-electron chi connectivity index (χ1n) is 15.1. The Bertz CT molecular complexity index is 1240. The lowest BCUT2D eigenvalue weighted by Crippen LogP contribution is -2.62. The van der Waals surface area contributed by atoms with Gasteiger partial charge >= 0.3 is 0 Å². The van der Waals surface area contributed by atoms with Gasteiger partial charge in [-0.15, -0.1) is 0 Å². The smallest absolute Gasteiger partial charge is 0.241 e. The van der Waals surface area contributed by atoms with Gasteiger partial charge in [0.05, 0.1) is 43.4 Å². The Morgan fingerprint density at radius 2 is 2.02 bits per heavy atom. The number of carbonyl (C=O) groups is 1. The van der Waals surface area contributed by atoms with E-state index in [9.17, 15) is 14.3 Å². The average molecular weight is 584 g/mol. The van der Waals surface area contributed by atoms with Crippen molar-refractivity contribution in [2.75, 3.05) is 71.1 Å². The van der Waals surface area contributed by atoms with Crippen molar-refractivity contribution < 1.29 is 23.8 Å². The number of nitrogens with one attached hydrogen (secondary N) is 1. The molecule has 0 saturated carbocycles. The van der Waals surface area contributed by atoms with Crippen LogP contribution in [-0.2, 0) is 26.1 Å². The van der Waals surface area contributed by atoms with Crippen LogP contribution >= 0.6 is 0 Å². The fourth-order valence-electron chi connectivity index (χ4n) is 6.52. The van der Waals surface area contributed by atoms with E-state index < -0.39 is 6.10 Å². The number of aliphatic hydroxyl groups excluding tert-OH is 1. The number of piperazine rings is 1.